The van der Waals surface area contributed by atoms with Crippen LogP contribution in [0.3, 0.4) is 0 Å². The van der Waals surface area contributed by atoms with Gasteiger partial charge in [-0.25, -0.2) is 4.39 Å². The fraction of sp³-hybridized carbons (Fsp3) is 0.105. The number of nitrogens with one attached hydrogen (secondary N) is 1. The van der Waals surface area contributed by atoms with E-state index in [-0.39, 0.29) is 5.82 Å². The number of H-pyrrole nitrogens is 1. The summed E-state index contributed by atoms with van der Waals surface area (Å²) in [7, 11) is 0. The molecule has 6 nitrogen and oxygen atoms in total. The Labute approximate surface area is 149 Å². The van der Waals surface area contributed by atoms with Crippen molar-refractivity contribution in [3.63, 3.8) is 0 Å². The highest BCUT2D eigenvalue weighted by Crippen LogP contribution is 2.33. The number of nitrogens with two attached hydrogens (primary N) is 1. The van der Waals surface area contributed by atoms with E-state index in [1.807, 2.05) is 18.2 Å². The summed E-state index contributed by atoms with van der Waals surface area (Å²) in [5.41, 5.74) is 9.93. The minimum atomic E-state index is -0.302. The minimum absolute atomic E-state index is 0.302. The lowest BCUT2D eigenvalue weighted by molar-refractivity contribution is 0.624. The summed E-state index contributed by atoms with van der Waals surface area (Å²) in [6.07, 6.45) is 6.95. The fourth-order valence-electron chi connectivity index (χ4n) is 2.88. The zero-order valence-electron chi connectivity index (χ0n) is 13.9. The predicted molar refractivity (Wildman–Crippen MR) is 97.5 cm³/mol. The first-order valence-electron chi connectivity index (χ1n) is 8.24. The van der Waals surface area contributed by atoms with E-state index in [4.69, 9.17) is 5.73 Å². The lowest BCUT2D eigenvalue weighted by atomic mass is 9.99. The Morgan fingerprint density at radius 1 is 1.12 bits per heavy atom. The van der Waals surface area contributed by atoms with Gasteiger partial charge in [0, 0.05) is 41.8 Å². The van der Waals surface area contributed by atoms with Gasteiger partial charge in [-0.15, -0.1) is 0 Å². The van der Waals surface area contributed by atoms with Crippen molar-refractivity contribution >= 4 is 0 Å². The Balaban J connectivity index is 1.77. The fourth-order valence-corrected chi connectivity index (χ4v) is 2.88. The van der Waals surface area contributed by atoms with Gasteiger partial charge >= 0.3 is 0 Å². The molecule has 0 saturated heterocycles. The van der Waals surface area contributed by atoms with E-state index >= 15 is 0 Å². The molecule has 1 aromatic carbocycles. The van der Waals surface area contributed by atoms with E-state index in [1.54, 1.807) is 41.6 Å². The van der Waals surface area contributed by atoms with E-state index in [2.05, 4.69) is 20.3 Å². The summed E-state index contributed by atoms with van der Waals surface area (Å²) in [6.45, 7) is 1.07. The standard InChI is InChI=1S/C19H17FN6/c20-17-5-4-13(9-15(17)14-10-24-26(12-14)8-6-21)16-11-23-25-19(16)18-3-1-2-7-22-18/h1-5,7,9-12H,6,8,21H2,(H,23,25). The van der Waals surface area contributed by atoms with Gasteiger partial charge in [0.15, 0.2) is 0 Å². The summed E-state index contributed by atoms with van der Waals surface area (Å²) in [4.78, 5) is 4.35. The molecule has 0 aliphatic rings. The van der Waals surface area contributed by atoms with Crippen LogP contribution >= 0.6 is 0 Å². The Hall–Kier alpha value is -3.32. The molecule has 0 aliphatic carbocycles. The Bertz CT molecular complexity index is 1020. The van der Waals surface area contributed by atoms with Crippen molar-refractivity contribution in [3.05, 3.63) is 67.0 Å². The highest BCUT2D eigenvalue weighted by atomic mass is 19.1. The third-order valence-corrected chi connectivity index (χ3v) is 4.13. The number of nitrogens with zero attached hydrogens (tertiary/aromatic N) is 4. The first-order valence-corrected chi connectivity index (χ1v) is 8.24. The molecule has 0 fully saturated rings. The molecule has 0 atom stereocenters. The highest BCUT2D eigenvalue weighted by molar-refractivity contribution is 5.81. The van der Waals surface area contributed by atoms with Crippen molar-refractivity contribution in [2.75, 3.05) is 6.54 Å². The number of aromatic amines is 1. The molecule has 0 spiro atoms. The van der Waals surface area contributed by atoms with Gasteiger partial charge < -0.3 is 5.73 Å². The second kappa shape index (κ2) is 6.89. The maximum absolute atomic E-state index is 14.4. The van der Waals surface area contributed by atoms with E-state index in [0.717, 1.165) is 22.5 Å². The van der Waals surface area contributed by atoms with Gasteiger partial charge in [0.05, 0.1) is 18.4 Å². The Morgan fingerprint density at radius 3 is 2.85 bits per heavy atom. The molecular formula is C19H17FN6. The summed E-state index contributed by atoms with van der Waals surface area (Å²) >= 11 is 0. The normalized spacial score (nSPS) is 11.0. The first-order chi connectivity index (χ1) is 12.8. The molecule has 4 aromatic rings. The molecule has 0 radical (unpaired) electrons. The molecule has 3 N–H and O–H groups in total. The van der Waals surface area contributed by atoms with Gasteiger partial charge in [-0.3, -0.25) is 14.8 Å². The lowest BCUT2D eigenvalue weighted by Gasteiger charge is -2.06. The van der Waals surface area contributed by atoms with Crippen LogP contribution in [-0.2, 0) is 6.54 Å². The van der Waals surface area contributed by atoms with Gasteiger partial charge in [-0.05, 0) is 29.8 Å². The maximum Gasteiger partial charge on any atom is 0.131 e. The van der Waals surface area contributed by atoms with Gasteiger partial charge in [0.25, 0.3) is 0 Å². The van der Waals surface area contributed by atoms with Crippen LogP contribution < -0.4 is 5.73 Å². The lowest BCUT2D eigenvalue weighted by Crippen LogP contribution is -2.09. The average Bonchev–Trinajstić information content (AvgIpc) is 3.33. The largest absolute Gasteiger partial charge is 0.329 e. The summed E-state index contributed by atoms with van der Waals surface area (Å²) in [5.74, 6) is -0.302. The minimum Gasteiger partial charge on any atom is -0.329 e. The van der Waals surface area contributed by atoms with Crippen molar-refractivity contribution < 1.29 is 4.39 Å². The van der Waals surface area contributed by atoms with Gasteiger partial charge in [-0.1, -0.05) is 12.1 Å². The van der Waals surface area contributed by atoms with Crippen LogP contribution in [-0.4, -0.2) is 31.5 Å². The smallest absolute Gasteiger partial charge is 0.131 e. The van der Waals surface area contributed by atoms with E-state index in [0.29, 0.717) is 24.2 Å². The van der Waals surface area contributed by atoms with E-state index in [9.17, 15) is 4.39 Å². The van der Waals surface area contributed by atoms with Crippen LogP contribution in [0.2, 0.25) is 0 Å². The number of benzene rings is 1. The number of aromatic nitrogens is 5. The molecule has 7 heteroatoms. The Kier molecular flexibility index (Phi) is 4.28. The molecule has 0 aliphatic heterocycles. The Morgan fingerprint density at radius 2 is 2.04 bits per heavy atom. The molecule has 4 rings (SSSR count). The number of halogens is 1. The van der Waals surface area contributed by atoms with Crippen LogP contribution in [0.4, 0.5) is 4.39 Å². The molecule has 0 amide bonds. The highest BCUT2D eigenvalue weighted by Gasteiger charge is 2.15. The summed E-state index contributed by atoms with van der Waals surface area (Å²) in [5, 5.41) is 11.4. The number of hydrogen-bond acceptors (Lipinski definition) is 4. The third kappa shape index (κ3) is 3.00. The van der Waals surface area contributed by atoms with Crippen molar-refractivity contribution in [1.29, 1.82) is 0 Å². The molecule has 3 heterocycles. The van der Waals surface area contributed by atoms with E-state index < -0.39 is 0 Å². The van der Waals surface area contributed by atoms with Crippen LogP contribution in [0.25, 0.3) is 33.6 Å². The summed E-state index contributed by atoms with van der Waals surface area (Å²) < 4.78 is 16.1. The molecule has 0 bridgehead atoms. The van der Waals surface area contributed by atoms with E-state index in [1.165, 1.54) is 6.07 Å². The van der Waals surface area contributed by atoms with Crippen LogP contribution in [0, 0.1) is 5.82 Å². The number of pyridine rings is 1. The van der Waals surface area contributed by atoms with Crippen molar-refractivity contribution in [3.8, 4) is 33.6 Å². The van der Waals surface area contributed by atoms with Crippen molar-refractivity contribution in [1.82, 2.24) is 25.0 Å². The quantitative estimate of drug-likeness (QED) is 0.580. The van der Waals surface area contributed by atoms with Gasteiger partial charge in [0.1, 0.15) is 11.5 Å². The average molecular weight is 348 g/mol. The van der Waals surface area contributed by atoms with Crippen molar-refractivity contribution in [2.45, 2.75) is 6.54 Å². The zero-order valence-corrected chi connectivity index (χ0v) is 13.9. The molecule has 0 unspecified atom stereocenters. The van der Waals surface area contributed by atoms with Gasteiger partial charge in [-0.2, -0.15) is 10.2 Å². The van der Waals surface area contributed by atoms with Gasteiger partial charge in [0.2, 0.25) is 0 Å². The SMILES string of the molecule is NCCn1cc(-c2cc(-c3c[nH]nc3-c3ccccn3)ccc2F)cn1. The number of hydrogen-bond donors (Lipinski definition) is 2. The zero-order chi connectivity index (χ0) is 17.9. The first kappa shape index (κ1) is 16.2. The number of rotatable bonds is 5. The van der Waals surface area contributed by atoms with Crippen LogP contribution in [0.15, 0.2) is 61.2 Å². The molecule has 0 saturated carbocycles. The second-order valence-corrected chi connectivity index (χ2v) is 5.84. The third-order valence-electron chi connectivity index (χ3n) is 4.13. The monoisotopic (exact) mass is 348 g/mol. The second-order valence-electron chi connectivity index (χ2n) is 5.84. The molecular weight excluding hydrogens is 331 g/mol. The van der Waals surface area contributed by atoms with Crippen LogP contribution in [0.1, 0.15) is 0 Å². The van der Waals surface area contributed by atoms with Crippen molar-refractivity contribution in [2.24, 2.45) is 5.73 Å². The maximum atomic E-state index is 14.4. The molecule has 26 heavy (non-hydrogen) atoms. The van der Waals surface area contributed by atoms with Crippen LogP contribution in [0.5, 0.6) is 0 Å². The topological polar surface area (TPSA) is 85.4 Å². The predicted octanol–water partition coefficient (Wildman–Crippen LogP) is 3.10. The molecule has 3 aromatic heterocycles. The summed E-state index contributed by atoms with van der Waals surface area (Å²) in [6, 6.07) is 10.6. The molecule has 130 valence electrons.